The second-order valence-electron chi connectivity index (χ2n) is 10.1. The third-order valence-corrected chi connectivity index (χ3v) is 7.19. The quantitative estimate of drug-likeness (QED) is 0.297. The Morgan fingerprint density at radius 1 is 0.944 bits per heavy atom. The van der Waals surface area contributed by atoms with Crippen molar-refractivity contribution < 1.29 is 14.8 Å². The molecule has 3 amide bonds. The zero-order valence-electron chi connectivity index (χ0n) is 21.5. The number of carbonyl (C=O) groups is 2. The lowest BCUT2D eigenvalue weighted by Gasteiger charge is -2.36. The van der Waals surface area contributed by atoms with Crippen LogP contribution in [0.5, 0.6) is 0 Å². The zero-order chi connectivity index (χ0) is 25.5. The van der Waals surface area contributed by atoms with E-state index in [0.717, 1.165) is 69.5 Å². The second-order valence-corrected chi connectivity index (χ2v) is 10.1. The van der Waals surface area contributed by atoms with E-state index in [1.54, 1.807) is 5.48 Å². The highest BCUT2D eigenvalue weighted by Crippen LogP contribution is 2.31. The van der Waals surface area contributed by atoms with Crippen LogP contribution in [0.3, 0.4) is 0 Å². The molecular formula is C29H38N4O3. The van der Waals surface area contributed by atoms with Crippen LogP contribution >= 0.6 is 0 Å². The predicted molar refractivity (Wildman–Crippen MR) is 144 cm³/mol. The third kappa shape index (κ3) is 6.53. The smallest absolute Gasteiger partial charge is 0.322 e. The molecule has 7 heteroatoms. The number of rotatable bonds is 9. The number of hydrogen-bond donors (Lipinski definition) is 2. The molecule has 0 radical (unpaired) electrons. The van der Waals surface area contributed by atoms with Crippen molar-refractivity contribution in [3.63, 3.8) is 0 Å². The zero-order valence-corrected chi connectivity index (χ0v) is 21.5. The Kier molecular flexibility index (Phi) is 8.78. The van der Waals surface area contributed by atoms with Crippen LogP contribution in [0.2, 0.25) is 0 Å². The Morgan fingerprint density at radius 2 is 1.64 bits per heavy atom. The van der Waals surface area contributed by atoms with Gasteiger partial charge in [0.2, 0.25) is 5.91 Å². The van der Waals surface area contributed by atoms with E-state index in [2.05, 4.69) is 67.4 Å². The molecule has 0 spiro atoms. The van der Waals surface area contributed by atoms with Crippen LogP contribution in [-0.2, 0) is 11.2 Å². The van der Waals surface area contributed by atoms with E-state index in [-0.39, 0.29) is 11.9 Å². The summed E-state index contributed by atoms with van der Waals surface area (Å²) in [7, 11) is 2.09. The van der Waals surface area contributed by atoms with Gasteiger partial charge in [-0.1, -0.05) is 48.8 Å². The maximum Gasteiger partial charge on any atom is 0.324 e. The summed E-state index contributed by atoms with van der Waals surface area (Å²) in [6.07, 6.45) is 7.01. The summed E-state index contributed by atoms with van der Waals surface area (Å²) in [5.74, 6) is -0.350. The highest BCUT2D eigenvalue weighted by atomic mass is 16.5. The normalized spacial score (nSPS) is 15.4. The summed E-state index contributed by atoms with van der Waals surface area (Å²) in [6, 6.07) is 15.1. The molecular weight excluding hydrogens is 452 g/mol. The first-order valence-electron chi connectivity index (χ1n) is 13.0. The van der Waals surface area contributed by atoms with Crippen molar-refractivity contribution in [2.75, 3.05) is 44.7 Å². The molecule has 0 atom stereocenters. The lowest BCUT2D eigenvalue weighted by molar-refractivity contribution is -0.129. The Labute approximate surface area is 214 Å². The van der Waals surface area contributed by atoms with E-state index in [9.17, 15) is 9.59 Å². The van der Waals surface area contributed by atoms with Crippen LogP contribution in [0.1, 0.15) is 50.2 Å². The summed E-state index contributed by atoms with van der Waals surface area (Å²) >= 11 is 0. The van der Waals surface area contributed by atoms with Gasteiger partial charge >= 0.3 is 6.03 Å². The van der Waals surface area contributed by atoms with Crippen LogP contribution in [0.25, 0.3) is 17.2 Å². The molecule has 2 aliphatic rings. The molecule has 1 saturated heterocycles. The first-order valence-corrected chi connectivity index (χ1v) is 13.0. The van der Waals surface area contributed by atoms with E-state index in [1.165, 1.54) is 22.3 Å². The molecule has 2 aromatic rings. The van der Waals surface area contributed by atoms with Gasteiger partial charge in [0.25, 0.3) is 0 Å². The number of carbonyl (C=O) groups excluding carboxylic acids is 2. The summed E-state index contributed by atoms with van der Waals surface area (Å²) in [5.41, 5.74) is 9.01. The molecule has 1 heterocycles. The molecule has 1 fully saturated rings. The molecule has 7 nitrogen and oxygen atoms in total. The predicted octanol–water partition coefficient (Wildman–Crippen LogP) is 4.94. The van der Waals surface area contributed by atoms with E-state index < -0.39 is 0 Å². The molecule has 1 aliphatic heterocycles. The van der Waals surface area contributed by atoms with E-state index in [4.69, 9.17) is 5.21 Å². The first-order chi connectivity index (χ1) is 17.4. The number of likely N-dealkylation sites (N-methyl/N-ethyl adjacent to an activating group) is 1. The van der Waals surface area contributed by atoms with E-state index in [0.29, 0.717) is 13.0 Å². The summed E-state index contributed by atoms with van der Waals surface area (Å²) in [6.45, 7) is 6.06. The van der Waals surface area contributed by atoms with E-state index >= 15 is 0 Å². The van der Waals surface area contributed by atoms with Gasteiger partial charge in [0, 0.05) is 44.8 Å². The summed E-state index contributed by atoms with van der Waals surface area (Å²) < 4.78 is 0. The highest BCUT2D eigenvalue weighted by molar-refractivity contribution is 5.92. The van der Waals surface area contributed by atoms with Crippen LogP contribution < -0.4 is 10.4 Å². The average molecular weight is 491 g/mol. The lowest BCUT2D eigenvalue weighted by atomic mass is 10.00. The number of nitrogens with one attached hydrogen (secondary N) is 1. The van der Waals surface area contributed by atoms with Gasteiger partial charge in [-0.2, -0.15) is 0 Å². The number of anilines is 1. The fraction of sp³-hybridized carbons (Fsp3) is 0.448. The van der Waals surface area contributed by atoms with Gasteiger partial charge in [-0.3, -0.25) is 14.9 Å². The second kappa shape index (κ2) is 12.2. The van der Waals surface area contributed by atoms with Crippen LogP contribution in [0, 0.1) is 0 Å². The largest absolute Gasteiger partial charge is 0.324 e. The topological polar surface area (TPSA) is 76.1 Å². The van der Waals surface area contributed by atoms with Gasteiger partial charge in [0.15, 0.2) is 0 Å². The highest BCUT2D eigenvalue weighted by Gasteiger charge is 2.25. The number of hydrogen-bond acceptors (Lipinski definition) is 4. The Morgan fingerprint density at radius 3 is 2.36 bits per heavy atom. The lowest BCUT2D eigenvalue weighted by Crippen LogP contribution is -2.52. The van der Waals surface area contributed by atoms with Crippen LogP contribution in [0.15, 0.2) is 48.0 Å². The summed E-state index contributed by atoms with van der Waals surface area (Å²) in [4.78, 5) is 30.8. The fourth-order valence-corrected chi connectivity index (χ4v) is 4.99. The minimum atomic E-state index is -0.350. The minimum Gasteiger partial charge on any atom is -0.322 e. The van der Waals surface area contributed by atoms with Crippen molar-refractivity contribution in [1.82, 2.24) is 15.3 Å². The number of nitrogens with zero attached hydrogens (tertiary/aromatic N) is 3. The standard InChI is InChI=1S/C29H38N4O3/c1-22-19-24-8-9-25(21-26(24)20-22)23-10-12-27(13-11-23)33(14-6-4-3-5-7-28(34)30-36)29(35)32-17-15-31(2)16-18-32/h8-13,20-21,36H,3-7,14-19H2,1-2H3,(H,30,34). The average Bonchev–Trinajstić information content (AvgIpc) is 3.27. The van der Waals surface area contributed by atoms with Crippen molar-refractivity contribution in [2.45, 2.75) is 45.4 Å². The molecule has 0 bridgehead atoms. The third-order valence-electron chi connectivity index (χ3n) is 7.19. The Bertz CT molecular complexity index is 1090. The molecule has 36 heavy (non-hydrogen) atoms. The molecule has 192 valence electrons. The number of urea groups is 1. The van der Waals surface area contributed by atoms with Gasteiger partial charge in [0.1, 0.15) is 0 Å². The van der Waals surface area contributed by atoms with Crippen molar-refractivity contribution in [3.05, 3.63) is 59.2 Å². The molecule has 4 rings (SSSR count). The maximum atomic E-state index is 13.5. The first kappa shape index (κ1) is 25.9. The van der Waals surface area contributed by atoms with Gasteiger partial charge in [-0.15, -0.1) is 0 Å². The van der Waals surface area contributed by atoms with Crippen LogP contribution in [-0.4, -0.2) is 66.7 Å². The number of amides is 3. The molecule has 0 unspecified atom stereocenters. The minimum absolute atomic E-state index is 0.0636. The maximum absolute atomic E-state index is 13.5. The van der Waals surface area contributed by atoms with Gasteiger partial charge in [0.05, 0.1) is 0 Å². The van der Waals surface area contributed by atoms with Crippen molar-refractivity contribution in [2.24, 2.45) is 0 Å². The number of unbranched alkanes of at least 4 members (excludes halogenated alkanes) is 3. The fourth-order valence-electron chi connectivity index (χ4n) is 4.99. The van der Waals surface area contributed by atoms with Gasteiger partial charge in [-0.25, -0.2) is 10.3 Å². The number of piperazine rings is 1. The Hall–Kier alpha value is -3.16. The monoisotopic (exact) mass is 490 g/mol. The van der Waals surface area contributed by atoms with E-state index in [1.807, 2.05) is 9.80 Å². The summed E-state index contributed by atoms with van der Waals surface area (Å²) in [5, 5.41) is 8.63. The number of benzene rings is 2. The van der Waals surface area contributed by atoms with Crippen LogP contribution in [0.4, 0.5) is 10.5 Å². The van der Waals surface area contributed by atoms with Gasteiger partial charge in [-0.05, 0) is 73.7 Å². The Balaban J connectivity index is 1.44. The number of hydroxylamine groups is 1. The SMILES string of the molecule is CC1=Cc2cc(-c3ccc(N(CCCCCCC(=O)NO)C(=O)N4CCN(C)CC4)cc3)ccc2C1. The van der Waals surface area contributed by atoms with Gasteiger partial charge < -0.3 is 9.80 Å². The molecule has 2 aromatic carbocycles. The molecule has 0 aromatic heterocycles. The molecule has 0 saturated carbocycles. The van der Waals surface area contributed by atoms with Crippen molar-refractivity contribution in [1.29, 1.82) is 0 Å². The number of fused-ring (bicyclic) bond motifs is 1. The molecule has 2 N–H and O–H groups in total. The van der Waals surface area contributed by atoms with Crippen molar-refractivity contribution >= 4 is 23.7 Å². The van der Waals surface area contributed by atoms with Crippen molar-refractivity contribution in [3.8, 4) is 11.1 Å². The molecule has 1 aliphatic carbocycles. The number of allylic oxidation sites excluding steroid dienone is 1.